The van der Waals surface area contributed by atoms with Crippen LogP contribution in [0.5, 0.6) is 0 Å². The van der Waals surface area contributed by atoms with Gasteiger partial charge in [0, 0.05) is 17.6 Å². The molecule has 2 N–H and O–H groups in total. The van der Waals surface area contributed by atoms with Crippen LogP contribution in [0.25, 0.3) is 0 Å². The Morgan fingerprint density at radius 2 is 1.90 bits per heavy atom. The summed E-state index contributed by atoms with van der Waals surface area (Å²) in [4.78, 5) is 30.1. The highest BCUT2D eigenvalue weighted by Crippen LogP contribution is 2.25. The number of carbonyl (C=O) groups is 2. The van der Waals surface area contributed by atoms with Gasteiger partial charge in [-0.15, -0.1) is 21.5 Å². The molecule has 2 amide bonds. The zero-order valence-electron chi connectivity index (χ0n) is 16.6. The van der Waals surface area contributed by atoms with Crippen molar-refractivity contribution in [3.63, 3.8) is 0 Å². The molecule has 152 valence electrons. The summed E-state index contributed by atoms with van der Waals surface area (Å²) in [5, 5.41) is 14.7. The molecule has 0 saturated heterocycles. The Labute approximate surface area is 177 Å². The van der Waals surface area contributed by atoms with Crippen LogP contribution in [0.2, 0.25) is 0 Å². The van der Waals surface area contributed by atoms with Crippen molar-refractivity contribution in [2.45, 2.75) is 37.6 Å². The molecule has 0 aliphatic heterocycles. The average molecular weight is 431 g/mol. The SMILES string of the molecule is Cc1nc(NC(=O)C(C)Sc2nnc(CC(=O)Nc3ccccc3)n2C)sc1C. The Bertz CT molecular complexity index is 996. The van der Waals surface area contributed by atoms with Gasteiger partial charge in [0.15, 0.2) is 10.3 Å². The molecule has 29 heavy (non-hydrogen) atoms. The number of hydrogen-bond donors (Lipinski definition) is 2. The van der Waals surface area contributed by atoms with E-state index >= 15 is 0 Å². The lowest BCUT2D eigenvalue weighted by molar-refractivity contribution is -0.116. The molecular formula is C19H22N6O2S2. The molecule has 1 unspecified atom stereocenters. The number of rotatable bonds is 7. The fourth-order valence-corrected chi connectivity index (χ4v) is 4.07. The maximum atomic E-state index is 12.4. The Morgan fingerprint density at radius 3 is 2.55 bits per heavy atom. The average Bonchev–Trinajstić information content (AvgIpc) is 3.18. The summed E-state index contributed by atoms with van der Waals surface area (Å²) < 4.78 is 1.73. The summed E-state index contributed by atoms with van der Waals surface area (Å²) in [6, 6.07) is 9.24. The predicted octanol–water partition coefficient (Wildman–Crippen LogP) is 3.19. The largest absolute Gasteiger partial charge is 0.326 e. The number of nitrogens with one attached hydrogen (secondary N) is 2. The fraction of sp³-hybridized carbons (Fsp3) is 0.316. The molecule has 10 heteroatoms. The van der Waals surface area contributed by atoms with Gasteiger partial charge in [-0.3, -0.25) is 9.59 Å². The van der Waals surface area contributed by atoms with E-state index in [0.29, 0.717) is 16.1 Å². The van der Waals surface area contributed by atoms with Gasteiger partial charge in [-0.25, -0.2) is 4.98 Å². The first-order valence-electron chi connectivity index (χ1n) is 8.98. The molecular weight excluding hydrogens is 408 g/mol. The number of hydrogen-bond acceptors (Lipinski definition) is 7. The molecule has 0 aliphatic carbocycles. The highest BCUT2D eigenvalue weighted by molar-refractivity contribution is 8.00. The van der Waals surface area contributed by atoms with Crippen molar-refractivity contribution in [2.75, 3.05) is 10.6 Å². The fourth-order valence-electron chi connectivity index (χ4n) is 2.42. The minimum atomic E-state index is -0.395. The van der Waals surface area contributed by atoms with Crippen LogP contribution in [-0.4, -0.2) is 36.8 Å². The summed E-state index contributed by atoms with van der Waals surface area (Å²) in [5.74, 6) is 0.193. The van der Waals surface area contributed by atoms with Crippen molar-refractivity contribution in [3.8, 4) is 0 Å². The third kappa shape index (κ3) is 5.42. The molecule has 0 bridgehead atoms. The first-order valence-corrected chi connectivity index (χ1v) is 10.7. The normalized spacial score (nSPS) is 11.9. The number of thiazole rings is 1. The van der Waals surface area contributed by atoms with Gasteiger partial charge in [-0.1, -0.05) is 30.0 Å². The van der Waals surface area contributed by atoms with Gasteiger partial charge in [-0.2, -0.15) is 0 Å². The number of para-hydroxylation sites is 1. The quantitative estimate of drug-likeness (QED) is 0.558. The molecule has 2 aromatic heterocycles. The lowest BCUT2D eigenvalue weighted by Crippen LogP contribution is -2.23. The molecule has 3 aromatic rings. The van der Waals surface area contributed by atoms with Crippen LogP contribution in [0.4, 0.5) is 10.8 Å². The van der Waals surface area contributed by atoms with Crippen LogP contribution in [0.1, 0.15) is 23.3 Å². The maximum absolute atomic E-state index is 12.4. The van der Waals surface area contributed by atoms with Gasteiger partial charge in [0.25, 0.3) is 0 Å². The summed E-state index contributed by atoms with van der Waals surface area (Å²) in [6.45, 7) is 5.67. The van der Waals surface area contributed by atoms with E-state index in [2.05, 4.69) is 25.8 Å². The van der Waals surface area contributed by atoms with Gasteiger partial charge >= 0.3 is 0 Å². The molecule has 1 aromatic carbocycles. The summed E-state index contributed by atoms with van der Waals surface area (Å²) in [6.07, 6.45) is 0.0944. The van der Waals surface area contributed by atoms with Gasteiger partial charge in [0.05, 0.1) is 17.4 Å². The second-order valence-electron chi connectivity index (χ2n) is 6.46. The van der Waals surface area contributed by atoms with Crippen LogP contribution >= 0.6 is 23.1 Å². The Balaban J connectivity index is 1.58. The van der Waals surface area contributed by atoms with Crippen molar-refractivity contribution in [1.82, 2.24) is 19.7 Å². The Kier molecular flexibility index (Phi) is 6.65. The van der Waals surface area contributed by atoms with Crippen molar-refractivity contribution < 1.29 is 9.59 Å². The molecule has 0 saturated carbocycles. The zero-order valence-corrected chi connectivity index (χ0v) is 18.2. The van der Waals surface area contributed by atoms with Gasteiger partial charge in [0.2, 0.25) is 11.8 Å². The van der Waals surface area contributed by atoms with Crippen molar-refractivity contribution in [1.29, 1.82) is 0 Å². The smallest absolute Gasteiger partial charge is 0.239 e. The summed E-state index contributed by atoms with van der Waals surface area (Å²) in [5.41, 5.74) is 1.64. The standard InChI is InChI=1S/C19H22N6O2S2/c1-11-12(2)28-18(20-11)22-17(27)13(3)29-19-24-23-15(25(19)4)10-16(26)21-14-8-6-5-7-9-14/h5-9,13H,10H2,1-4H3,(H,21,26)(H,20,22,27). The number of aryl methyl sites for hydroxylation is 2. The number of nitrogens with zero attached hydrogens (tertiary/aromatic N) is 4. The van der Waals surface area contributed by atoms with E-state index in [9.17, 15) is 9.59 Å². The molecule has 0 aliphatic rings. The van der Waals surface area contributed by atoms with Gasteiger partial charge in [0.1, 0.15) is 5.82 Å². The highest BCUT2D eigenvalue weighted by Gasteiger charge is 2.21. The van der Waals surface area contributed by atoms with E-state index in [-0.39, 0.29) is 18.2 Å². The van der Waals surface area contributed by atoms with Crippen LogP contribution in [-0.2, 0) is 23.1 Å². The second-order valence-corrected chi connectivity index (χ2v) is 8.97. The molecule has 2 heterocycles. The van der Waals surface area contributed by atoms with E-state index < -0.39 is 5.25 Å². The Morgan fingerprint density at radius 1 is 1.17 bits per heavy atom. The third-order valence-corrected chi connectivity index (χ3v) is 6.33. The number of thioether (sulfide) groups is 1. The lowest BCUT2D eigenvalue weighted by atomic mass is 10.3. The molecule has 0 fully saturated rings. The predicted molar refractivity (Wildman–Crippen MR) is 115 cm³/mol. The number of benzene rings is 1. The molecule has 3 rings (SSSR count). The van der Waals surface area contributed by atoms with E-state index in [1.807, 2.05) is 44.2 Å². The topological polar surface area (TPSA) is 102 Å². The van der Waals surface area contributed by atoms with E-state index in [1.165, 1.54) is 23.1 Å². The summed E-state index contributed by atoms with van der Waals surface area (Å²) in [7, 11) is 1.78. The number of carbonyl (C=O) groups excluding carboxylic acids is 2. The number of amides is 2. The molecule has 0 spiro atoms. The second kappa shape index (κ2) is 9.19. The molecule has 0 radical (unpaired) electrons. The van der Waals surface area contributed by atoms with Crippen molar-refractivity contribution >= 4 is 45.7 Å². The zero-order chi connectivity index (χ0) is 21.0. The minimum absolute atomic E-state index is 0.0944. The highest BCUT2D eigenvalue weighted by atomic mass is 32.2. The minimum Gasteiger partial charge on any atom is -0.326 e. The van der Waals surface area contributed by atoms with Gasteiger partial charge in [-0.05, 0) is 32.9 Å². The Hall–Kier alpha value is -2.72. The number of anilines is 2. The number of aromatic nitrogens is 4. The first kappa shape index (κ1) is 21.0. The van der Waals surface area contributed by atoms with Crippen LogP contribution in [0.3, 0.4) is 0 Å². The summed E-state index contributed by atoms with van der Waals surface area (Å²) >= 11 is 2.73. The first-order chi connectivity index (χ1) is 13.8. The molecule has 8 nitrogen and oxygen atoms in total. The van der Waals surface area contributed by atoms with Gasteiger partial charge < -0.3 is 15.2 Å². The lowest BCUT2D eigenvalue weighted by Gasteiger charge is -2.10. The van der Waals surface area contributed by atoms with Crippen LogP contribution in [0, 0.1) is 13.8 Å². The van der Waals surface area contributed by atoms with E-state index in [0.717, 1.165) is 16.3 Å². The van der Waals surface area contributed by atoms with Crippen LogP contribution < -0.4 is 10.6 Å². The van der Waals surface area contributed by atoms with E-state index in [4.69, 9.17) is 0 Å². The monoisotopic (exact) mass is 430 g/mol. The maximum Gasteiger partial charge on any atom is 0.239 e. The van der Waals surface area contributed by atoms with E-state index in [1.54, 1.807) is 18.5 Å². The van der Waals surface area contributed by atoms with Crippen LogP contribution in [0.15, 0.2) is 35.5 Å². The van der Waals surface area contributed by atoms with Crippen molar-refractivity contribution in [2.24, 2.45) is 7.05 Å². The third-order valence-electron chi connectivity index (χ3n) is 4.21. The van der Waals surface area contributed by atoms with Crippen molar-refractivity contribution in [3.05, 3.63) is 46.7 Å². The molecule has 1 atom stereocenters.